The van der Waals surface area contributed by atoms with E-state index in [0.717, 1.165) is 12.8 Å². The third-order valence-corrected chi connectivity index (χ3v) is 3.92. The molecular weight excluding hydrogens is 274 g/mol. The second-order valence-corrected chi connectivity index (χ2v) is 5.14. The zero-order valence-electron chi connectivity index (χ0n) is 13.5. The van der Waals surface area contributed by atoms with Gasteiger partial charge in [-0.05, 0) is 19.9 Å². The van der Waals surface area contributed by atoms with Crippen LogP contribution in [0.1, 0.15) is 33.1 Å². The van der Waals surface area contributed by atoms with Gasteiger partial charge in [-0.1, -0.05) is 13.8 Å². The standard InChI is InChI=1S/C14H31N3O4/c1-4-14(5-2,10-12(16)18)17(3)13(19)11-21-9-8-20-7-6-15/h13,19H,4-11,15H2,1-3H3,(H2,16,18). The van der Waals surface area contributed by atoms with Gasteiger partial charge in [-0.15, -0.1) is 0 Å². The van der Waals surface area contributed by atoms with Crippen molar-refractivity contribution in [2.75, 3.05) is 40.0 Å². The monoisotopic (exact) mass is 305 g/mol. The molecule has 7 nitrogen and oxygen atoms in total. The van der Waals surface area contributed by atoms with Crippen LogP contribution in [0.25, 0.3) is 0 Å². The van der Waals surface area contributed by atoms with Crippen LogP contribution in [0.4, 0.5) is 0 Å². The lowest BCUT2D eigenvalue weighted by atomic mass is 9.86. The number of rotatable bonds is 13. The van der Waals surface area contributed by atoms with Gasteiger partial charge in [0.05, 0.1) is 26.4 Å². The van der Waals surface area contributed by atoms with Crippen LogP contribution < -0.4 is 11.5 Å². The van der Waals surface area contributed by atoms with E-state index in [1.165, 1.54) is 0 Å². The topological polar surface area (TPSA) is 111 Å². The highest BCUT2D eigenvalue weighted by Crippen LogP contribution is 2.27. The number of ether oxygens (including phenoxy) is 2. The van der Waals surface area contributed by atoms with Crippen LogP contribution >= 0.6 is 0 Å². The summed E-state index contributed by atoms with van der Waals surface area (Å²) in [5.41, 5.74) is 10.2. The molecular formula is C14H31N3O4. The molecule has 0 radical (unpaired) electrons. The first-order chi connectivity index (χ1) is 9.93. The summed E-state index contributed by atoms with van der Waals surface area (Å²) in [5, 5.41) is 10.2. The van der Waals surface area contributed by atoms with Crippen LogP contribution in [0.15, 0.2) is 0 Å². The molecule has 0 aliphatic rings. The molecule has 0 saturated heterocycles. The van der Waals surface area contributed by atoms with E-state index in [1.807, 2.05) is 13.8 Å². The Kier molecular flexibility index (Phi) is 10.5. The van der Waals surface area contributed by atoms with E-state index >= 15 is 0 Å². The molecule has 1 atom stereocenters. The number of hydrogen-bond donors (Lipinski definition) is 3. The van der Waals surface area contributed by atoms with Crippen LogP contribution in [-0.2, 0) is 14.3 Å². The summed E-state index contributed by atoms with van der Waals surface area (Å²) in [5.74, 6) is -0.367. The third kappa shape index (κ3) is 7.19. The molecule has 0 aliphatic heterocycles. The van der Waals surface area contributed by atoms with Crippen molar-refractivity contribution in [1.82, 2.24) is 4.90 Å². The maximum Gasteiger partial charge on any atom is 0.219 e. The van der Waals surface area contributed by atoms with Crippen LogP contribution in [0.5, 0.6) is 0 Å². The second-order valence-electron chi connectivity index (χ2n) is 5.14. The third-order valence-electron chi connectivity index (χ3n) is 3.92. The summed E-state index contributed by atoms with van der Waals surface area (Å²) in [7, 11) is 1.79. The Labute approximate surface area is 127 Å². The molecule has 0 aromatic heterocycles. The number of nitrogens with zero attached hydrogens (tertiary/aromatic N) is 1. The summed E-state index contributed by atoms with van der Waals surface area (Å²) in [4.78, 5) is 13.1. The number of amides is 1. The molecule has 126 valence electrons. The minimum Gasteiger partial charge on any atom is -0.378 e. The summed E-state index contributed by atoms with van der Waals surface area (Å²) in [6, 6.07) is 0. The normalized spacial score (nSPS) is 13.6. The average Bonchev–Trinajstić information content (AvgIpc) is 2.47. The minimum atomic E-state index is -0.793. The summed E-state index contributed by atoms with van der Waals surface area (Å²) in [6.07, 6.45) is 0.866. The molecule has 0 spiro atoms. The highest BCUT2D eigenvalue weighted by Gasteiger charge is 2.36. The minimum absolute atomic E-state index is 0.156. The van der Waals surface area contributed by atoms with Gasteiger partial charge in [0, 0.05) is 18.5 Å². The summed E-state index contributed by atoms with van der Waals surface area (Å²) < 4.78 is 10.6. The molecule has 0 bridgehead atoms. The van der Waals surface area contributed by atoms with Gasteiger partial charge in [0.2, 0.25) is 5.91 Å². The molecule has 0 rings (SSSR count). The number of carbonyl (C=O) groups excluding carboxylic acids is 1. The van der Waals surface area contributed by atoms with Gasteiger partial charge in [-0.3, -0.25) is 9.69 Å². The van der Waals surface area contributed by atoms with Crippen LogP contribution in [0.3, 0.4) is 0 Å². The predicted molar refractivity (Wildman–Crippen MR) is 81.6 cm³/mol. The summed E-state index contributed by atoms with van der Waals surface area (Å²) >= 11 is 0. The first-order valence-corrected chi connectivity index (χ1v) is 7.48. The van der Waals surface area contributed by atoms with Gasteiger partial charge in [0.25, 0.3) is 0 Å². The first-order valence-electron chi connectivity index (χ1n) is 7.48. The van der Waals surface area contributed by atoms with Crippen molar-refractivity contribution in [3.8, 4) is 0 Å². The molecule has 0 heterocycles. The van der Waals surface area contributed by atoms with E-state index in [1.54, 1.807) is 11.9 Å². The number of aliphatic hydroxyl groups is 1. The molecule has 0 aromatic rings. The van der Waals surface area contributed by atoms with Crippen LogP contribution in [0.2, 0.25) is 0 Å². The quantitative estimate of drug-likeness (QED) is 0.317. The zero-order chi connectivity index (χ0) is 16.3. The van der Waals surface area contributed by atoms with Crippen molar-refractivity contribution >= 4 is 5.91 Å². The van der Waals surface area contributed by atoms with Crippen molar-refractivity contribution in [1.29, 1.82) is 0 Å². The fraction of sp³-hybridized carbons (Fsp3) is 0.929. The fourth-order valence-corrected chi connectivity index (χ4v) is 2.37. The molecule has 5 N–H and O–H groups in total. The van der Waals surface area contributed by atoms with E-state index in [2.05, 4.69) is 0 Å². The Morgan fingerprint density at radius 2 is 1.81 bits per heavy atom. The van der Waals surface area contributed by atoms with E-state index in [9.17, 15) is 9.90 Å². The Bertz CT molecular complexity index is 285. The molecule has 21 heavy (non-hydrogen) atoms. The molecule has 0 aliphatic carbocycles. The van der Waals surface area contributed by atoms with Gasteiger partial charge in [0.1, 0.15) is 6.23 Å². The number of aliphatic hydroxyl groups excluding tert-OH is 1. The first kappa shape index (κ1) is 20.3. The maximum atomic E-state index is 11.3. The van der Waals surface area contributed by atoms with Crippen molar-refractivity contribution < 1.29 is 19.4 Å². The number of likely N-dealkylation sites (N-methyl/N-ethyl adjacent to an activating group) is 1. The van der Waals surface area contributed by atoms with Crippen molar-refractivity contribution in [2.45, 2.75) is 44.9 Å². The van der Waals surface area contributed by atoms with Crippen molar-refractivity contribution in [2.24, 2.45) is 11.5 Å². The van der Waals surface area contributed by atoms with Gasteiger partial charge in [-0.2, -0.15) is 0 Å². The molecule has 0 saturated carbocycles. The lowest BCUT2D eigenvalue weighted by Gasteiger charge is -2.42. The van der Waals surface area contributed by atoms with Crippen LogP contribution in [-0.4, -0.2) is 67.7 Å². The van der Waals surface area contributed by atoms with E-state index in [0.29, 0.717) is 26.4 Å². The lowest BCUT2D eigenvalue weighted by molar-refractivity contribution is -0.129. The van der Waals surface area contributed by atoms with Gasteiger partial charge < -0.3 is 26.0 Å². The zero-order valence-corrected chi connectivity index (χ0v) is 13.5. The van der Waals surface area contributed by atoms with Gasteiger partial charge >= 0.3 is 0 Å². The van der Waals surface area contributed by atoms with Gasteiger partial charge in [0.15, 0.2) is 0 Å². The fourth-order valence-electron chi connectivity index (χ4n) is 2.37. The van der Waals surface area contributed by atoms with Gasteiger partial charge in [-0.25, -0.2) is 0 Å². The number of carbonyl (C=O) groups is 1. The molecule has 1 unspecified atom stereocenters. The molecule has 1 amide bonds. The number of hydrogen-bond acceptors (Lipinski definition) is 6. The maximum absolute atomic E-state index is 11.3. The number of primary amides is 1. The Balaban J connectivity index is 4.30. The Morgan fingerprint density at radius 1 is 1.24 bits per heavy atom. The highest BCUT2D eigenvalue weighted by molar-refractivity contribution is 5.75. The molecule has 0 fully saturated rings. The average molecular weight is 305 g/mol. The molecule has 0 aromatic carbocycles. The van der Waals surface area contributed by atoms with Crippen molar-refractivity contribution in [3.63, 3.8) is 0 Å². The highest BCUT2D eigenvalue weighted by atomic mass is 16.5. The van der Waals surface area contributed by atoms with Crippen LogP contribution in [0, 0.1) is 0 Å². The summed E-state index contributed by atoms with van der Waals surface area (Å²) in [6.45, 7) is 5.94. The SMILES string of the molecule is CCC(CC)(CC(N)=O)N(C)C(O)COCCOCCN. The number of nitrogens with two attached hydrogens (primary N) is 2. The second kappa shape index (κ2) is 10.9. The Morgan fingerprint density at radius 3 is 2.29 bits per heavy atom. The predicted octanol–water partition coefficient (Wildman–Crippen LogP) is -0.337. The van der Waals surface area contributed by atoms with E-state index < -0.39 is 11.8 Å². The largest absolute Gasteiger partial charge is 0.378 e. The lowest BCUT2D eigenvalue weighted by Crippen LogP contribution is -2.54. The smallest absolute Gasteiger partial charge is 0.219 e. The van der Waals surface area contributed by atoms with E-state index in [4.69, 9.17) is 20.9 Å². The van der Waals surface area contributed by atoms with E-state index in [-0.39, 0.29) is 18.9 Å². The van der Waals surface area contributed by atoms with Crippen molar-refractivity contribution in [3.05, 3.63) is 0 Å². The Hall–Kier alpha value is -0.730. The molecule has 7 heteroatoms.